The van der Waals surface area contributed by atoms with Crippen LogP contribution >= 0.6 is 11.3 Å². The molecule has 1 aliphatic heterocycles. The lowest BCUT2D eigenvalue weighted by molar-refractivity contribution is 0.0954. The molecule has 1 aromatic heterocycles. The molecular formula is C21H24N2O3S. The Kier molecular flexibility index (Phi) is 4.68. The summed E-state index contributed by atoms with van der Waals surface area (Å²) in [5.41, 5.74) is 5.78. The number of rotatable bonds is 3. The first kappa shape index (κ1) is 18.0. The molecule has 0 radical (unpaired) electrons. The average molecular weight is 385 g/mol. The van der Waals surface area contributed by atoms with Gasteiger partial charge in [-0.1, -0.05) is 20.8 Å². The van der Waals surface area contributed by atoms with Crippen molar-refractivity contribution in [2.24, 2.45) is 16.4 Å². The van der Waals surface area contributed by atoms with Crippen molar-refractivity contribution in [3.63, 3.8) is 0 Å². The molecule has 1 amide bonds. The summed E-state index contributed by atoms with van der Waals surface area (Å²) < 4.78 is 10.6. The van der Waals surface area contributed by atoms with Crippen molar-refractivity contribution in [2.75, 3.05) is 6.79 Å². The van der Waals surface area contributed by atoms with Crippen LogP contribution in [-0.2, 0) is 12.8 Å². The third-order valence-electron chi connectivity index (χ3n) is 5.40. The number of fused-ring (bicyclic) bond motifs is 2. The molecule has 1 atom stereocenters. The van der Waals surface area contributed by atoms with Gasteiger partial charge in [-0.25, -0.2) is 5.43 Å². The van der Waals surface area contributed by atoms with E-state index in [4.69, 9.17) is 9.47 Å². The molecule has 27 heavy (non-hydrogen) atoms. The van der Waals surface area contributed by atoms with Gasteiger partial charge in [0.1, 0.15) is 0 Å². The number of nitrogens with zero attached hydrogens (tertiary/aromatic N) is 1. The minimum atomic E-state index is -0.140. The third-order valence-corrected chi connectivity index (χ3v) is 6.45. The predicted molar refractivity (Wildman–Crippen MR) is 107 cm³/mol. The Bertz CT molecular complexity index is 895. The van der Waals surface area contributed by atoms with Crippen LogP contribution < -0.4 is 14.9 Å². The zero-order valence-electron chi connectivity index (χ0n) is 15.9. The van der Waals surface area contributed by atoms with Crippen LogP contribution in [0.3, 0.4) is 0 Å². The molecule has 0 spiro atoms. The van der Waals surface area contributed by atoms with Gasteiger partial charge in [-0.15, -0.1) is 11.3 Å². The van der Waals surface area contributed by atoms with E-state index in [9.17, 15) is 4.79 Å². The lowest BCUT2D eigenvalue weighted by Crippen LogP contribution is -2.27. The molecule has 0 unspecified atom stereocenters. The summed E-state index contributed by atoms with van der Waals surface area (Å²) in [6, 6.07) is 5.56. The number of hydrazone groups is 1. The molecule has 2 aliphatic rings. The maximum Gasteiger partial charge on any atom is 0.272 e. The Hall–Kier alpha value is -2.34. The van der Waals surface area contributed by atoms with E-state index in [0.717, 1.165) is 36.1 Å². The Balaban J connectivity index is 1.42. The van der Waals surface area contributed by atoms with E-state index in [0.29, 0.717) is 17.1 Å². The summed E-state index contributed by atoms with van der Waals surface area (Å²) in [6.45, 7) is 7.14. The molecule has 0 fully saturated rings. The number of amides is 1. The number of benzene rings is 1. The fourth-order valence-electron chi connectivity index (χ4n) is 3.66. The Morgan fingerprint density at radius 2 is 2.11 bits per heavy atom. The second kappa shape index (κ2) is 7.00. The Labute approximate surface area is 163 Å². The van der Waals surface area contributed by atoms with Crippen LogP contribution in [0.1, 0.15) is 53.6 Å². The van der Waals surface area contributed by atoms with Crippen molar-refractivity contribution < 1.29 is 14.3 Å². The molecule has 2 aromatic rings. The van der Waals surface area contributed by atoms with Crippen LogP contribution in [0.4, 0.5) is 0 Å². The molecule has 0 saturated heterocycles. The van der Waals surface area contributed by atoms with Crippen molar-refractivity contribution in [2.45, 2.75) is 40.0 Å². The first-order valence-electron chi connectivity index (χ1n) is 9.24. The van der Waals surface area contributed by atoms with Gasteiger partial charge in [0.05, 0.1) is 11.8 Å². The Morgan fingerprint density at radius 1 is 1.30 bits per heavy atom. The van der Waals surface area contributed by atoms with Crippen LogP contribution in [0, 0.1) is 11.3 Å². The molecule has 6 heteroatoms. The molecule has 1 aromatic carbocycles. The van der Waals surface area contributed by atoms with Gasteiger partial charge in [0.25, 0.3) is 5.91 Å². The SMILES string of the molecule is CC(C)(C)[C@@H]1CCc2c(C(=O)NN=Cc3ccc4c(c3)OCO4)csc2C1. The van der Waals surface area contributed by atoms with Crippen LogP contribution in [0.15, 0.2) is 28.7 Å². The van der Waals surface area contributed by atoms with Crippen molar-refractivity contribution >= 4 is 23.5 Å². The average Bonchev–Trinajstić information content (AvgIpc) is 3.26. The van der Waals surface area contributed by atoms with E-state index in [-0.39, 0.29) is 12.7 Å². The van der Waals surface area contributed by atoms with Crippen LogP contribution in [0.5, 0.6) is 11.5 Å². The summed E-state index contributed by atoms with van der Waals surface area (Å²) in [7, 11) is 0. The smallest absolute Gasteiger partial charge is 0.272 e. The van der Waals surface area contributed by atoms with E-state index in [1.54, 1.807) is 17.6 Å². The van der Waals surface area contributed by atoms with Gasteiger partial charge in [0, 0.05) is 10.3 Å². The third kappa shape index (κ3) is 3.72. The summed E-state index contributed by atoms with van der Waals surface area (Å²) in [5.74, 6) is 1.96. The Morgan fingerprint density at radius 3 is 2.93 bits per heavy atom. The first-order chi connectivity index (χ1) is 12.9. The molecule has 0 bridgehead atoms. The molecule has 4 rings (SSSR count). The van der Waals surface area contributed by atoms with Crippen LogP contribution in [0.2, 0.25) is 0 Å². The molecule has 1 aliphatic carbocycles. The molecule has 5 nitrogen and oxygen atoms in total. The van der Waals surface area contributed by atoms with Gasteiger partial charge in [0.2, 0.25) is 6.79 Å². The highest BCUT2D eigenvalue weighted by Gasteiger charge is 2.31. The number of nitrogens with one attached hydrogen (secondary N) is 1. The normalized spacial score (nSPS) is 18.6. The number of carbonyl (C=O) groups is 1. The van der Waals surface area contributed by atoms with Crippen LogP contribution in [0.25, 0.3) is 0 Å². The summed E-state index contributed by atoms with van der Waals surface area (Å²) >= 11 is 1.70. The fourth-order valence-corrected chi connectivity index (χ4v) is 4.82. The van der Waals surface area contributed by atoms with E-state index >= 15 is 0 Å². The fraction of sp³-hybridized carbons (Fsp3) is 0.429. The van der Waals surface area contributed by atoms with E-state index in [1.807, 2.05) is 23.6 Å². The maximum atomic E-state index is 12.6. The second-order valence-electron chi connectivity index (χ2n) is 8.17. The van der Waals surface area contributed by atoms with Crippen molar-refractivity contribution in [3.05, 3.63) is 45.1 Å². The highest BCUT2D eigenvalue weighted by molar-refractivity contribution is 7.10. The van der Waals surface area contributed by atoms with Gasteiger partial charge in [-0.3, -0.25) is 4.79 Å². The van der Waals surface area contributed by atoms with Gasteiger partial charge >= 0.3 is 0 Å². The number of carbonyl (C=O) groups excluding carboxylic acids is 1. The minimum absolute atomic E-state index is 0.140. The molecule has 0 saturated carbocycles. The number of hydrogen-bond donors (Lipinski definition) is 1. The summed E-state index contributed by atoms with van der Waals surface area (Å²) in [4.78, 5) is 13.9. The van der Waals surface area contributed by atoms with Crippen molar-refractivity contribution in [1.29, 1.82) is 0 Å². The van der Waals surface area contributed by atoms with E-state index < -0.39 is 0 Å². The van der Waals surface area contributed by atoms with Gasteiger partial charge in [0.15, 0.2) is 11.5 Å². The number of thiophene rings is 1. The lowest BCUT2D eigenvalue weighted by Gasteiger charge is -2.33. The molecular weight excluding hydrogens is 360 g/mol. The van der Waals surface area contributed by atoms with Crippen molar-refractivity contribution in [3.8, 4) is 11.5 Å². The first-order valence-corrected chi connectivity index (χ1v) is 10.1. The van der Waals surface area contributed by atoms with Gasteiger partial charge in [-0.2, -0.15) is 5.10 Å². The van der Waals surface area contributed by atoms with Gasteiger partial charge < -0.3 is 9.47 Å². The van der Waals surface area contributed by atoms with E-state index in [2.05, 4.69) is 31.3 Å². The number of ether oxygens (including phenoxy) is 2. The monoisotopic (exact) mass is 384 g/mol. The largest absolute Gasteiger partial charge is 0.454 e. The molecule has 2 heterocycles. The molecule has 142 valence electrons. The summed E-state index contributed by atoms with van der Waals surface area (Å²) in [6.07, 6.45) is 4.79. The van der Waals surface area contributed by atoms with Crippen LogP contribution in [-0.4, -0.2) is 18.9 Å². The quantitative estimate of drug-likeness (QED) is 0.631. The van der Waals surface area contributed by atoms with Crippen molar-refractivity contribution in [1.82, 2.24) is 5.43 Å². The lowest BCUT2D eigenvalue weighted by atomic mass is 9.72. The zero-order valence-corrected chi connectivity index (χ0v) is 16.7. The predicted octanol–water partition coefficient (Wildman–Crippen LogP) is 4.39. The highest BCUT2D eigenvalue weighted by atomic mass is 32.1. The standard InChI is InChI=1S/C21H24N2O3S/c1-21(2,3)14-5-6-15-16(11-27-19(15)9-14)20(24)23-22-10-13-4-7-17-18(8-13)26-12-25-17/h4,7-8,10-11,14H,5-6,9,12H2,1-3H3,(H,23,24)/t14-/m1/s1. The maximum absolute atomic E-state index is 12.6. The minimum Gasteiger partial charge on any atom is -0.454 e. The molecule has 1 N–H and O–H groups in total. The summed E-state index contributed by atoms with van der Waals surface area (Å²) in [5, 5.41) is 6.08. The van der Waals surface area contributed by atoms with Gasteiger partial charge in [-0.05, 0) is 59.9 Å². The highest BCUT2D eigenvalue weighted by Crippen LogP contribution is 2.40. The zero-order chi connectivity index (χ0) is 19.0. The van der Waals surface area contributed by atoms with E-state index in [1.165, 1.54) is 10.4 Å². The topological polar surface area (TPSA) is 59.9 Å². The number of hydrogen-bond acceptors (Lipinski definition) is 5. The second-order valence-corrected chi connectivity index (χ2v) is 9.13.